The first-order chi connectivity index (χ1) is 6.00. The lowest BCUT2D eigenvalue weighted by Gasteiger charge is -2.06. The molecule has 0 amide bonds. The minimum Gasteiger partial charge on any atom is -0.275 e. The van der Waals surface area contributed by atoms with Crippen LogP contribution in [0.1, 0.15) is 44.9 Å². The SMILES string of the molecule is CC(C)Cc1cn(C)nc1C(C)C. The maximum atomic E-state index is 4.48. The van der Waals surface area contributed by atoms with Gasteiger partial charge in [-0.3, -0.25) is 4.68 Å². The van der Waals surface area contributed by atoms with E-state index in [-0.39, 0.29) is 0 Å². The van der Waals surface area contributed by atoms with E-state index >= 15 is 0 Å². The van der Waals surface area contributed by atoms with Gasteiger partial charge < -0.3 is 0 Å². The van der Waals surface area contributed by atoms with Crippen LogP contribution in [0.3, 0.4) is 0 Å². The molecule has 0 atom stereocenters. The summed E-state index contributed by atoms with van der Waals surface area (Å²) < 4.78 is 1.92. The predicted octanol–water partition coefficient (Wildman–Crippen LogP) is 2.74. The van der Waals surface area contributed by atoms with Crippen molar-refractivity contribution in [3.05, 3.63) is 17.5 Å². The molecule has 0 aliphatic heterocycles. The van der Waals surface area contributed by atoms with Gasteiger partial charge in [0, 0.05) is 13.2 Å². The summed E-state index contributed by atoms with van der Waals surface area (Å²) in [5.74, 6) is 1.25. The molecule has 13 heavy (non-hydrogen) atoms. The van der Waals surface area contributed by atoms with Crippen molar-refractivity contribution in [1.29, 1.82) is 0 Å². The Morgan fingerprint density at radius 1 is 1.31 bits per heavy atom. The zero-order valence-electron chi connectivity index (χ0n) is 9.33. The number of hydrogen-bond acceptors (Lipinski definition) is 1. The second-order valence-corrected chi connectivity index (χ2v) is 4.47. The molecular weight excluding hydrogens is 160 g/mol. The Bertz CT molecular complexity index is 272. The summed E-state index contributed by atoms with van der Waals surface area (Å²) >= 11 is 0. The number of aromatic nitrogens is 2. The van der Waals surface area contributed by atoms with Crippen molar-refractivity contribution in [1.82, 2.24) is 9.78 Å². The highest BCUT2D eigenvalue weighted by atomic mass is 15.3. The molecule has 1 aromatic heterocycles. The Labute approximate surface area is 81.0 Å². The van der Waals surface area contributed by atoms with E-state index in [4.69, 9.17) is 0 Å². The van der Waals surface area contributed by atoms with E-state index in [0.717, 1.165) is 6.42 Å². The third-order valence-corrected chi connectivity index (χ3v) is 2.11. The average Bonchev–Trinajstić information content (AvgIpc) is 2.29. The Hall–Kier alpha value is -0.790. The van der Waals surface area contributed by atoms with Gasteiger partial charge >= 0.3 is 0 Å². The van der Waals surface area contributed by atoms with Crippen molar-refractivity contribution in [3.63, 3.8) is 0 Å². The van der Waals surface area contributed by atoms with Gasteiger partial charge in [0.15, 0.2) is 0 Å². The van der Waals surface area contributed by atoms with Crippen LogP contribution in [0.5, 0.6) is 0 Å². The molecule has 0 spiro atoms. The molecule has 74 valence electrons. The molecule has 0 radical (unpaired) electrons. The average molecular weight is 180 g/mol. The van der Waals surface area contributed by atoms with Crippen LogP contribution >= 0.6 is 0 Å². The molecule has 0 saturated heterocycles. The zero-order valence-corrected chi connectivity index (χ0v) is 9.33. The van der Waals surface area contributed by atoms with Crippen LogP contribution in [0.15, 0.2) is 6.20 Å². The standard InChI is InChI=1S/C11H20N2/c1-8(2)6-10-7-13(5)12-11(10)9(3)4/h7-9H,6H2,1-5H3. The minimum atomic E-state index is 0.537. The van der Waals surface area contributed by atoms with Gasteiger partial charge in [-0.25, -0.2) is 0 Å². The van der Waals surface area contributed by atoms with Gasteiger partial charge in [0.1, 0.15) is 0 Å². The molecule has 0 unspecified atom stereocenters. The monoisotopic (exact) mass is 180 g/mol. The summed E-state index contributed by atoms with van der Waals surface area (Å²) in [5.41, 5.74) is 2.67. The molecule has 0 fully saturated rings. The molecular formula is C11H20N2. The highest BCUT2D eigenvalue weighted by Gasteiger charge is 2.11. The molecule has 1 aromatic rings. The van der Waals surface area contributed by atoms with Gasteiger partial charge in [-0.15, -0.1) is 0 Å². The quantitative estimate of drug-likeness (QED) is 0.699. The normalized spacial score (nSPS) is 11.6. The van der Waals surface area contributed by atoms with Crippen LogP contribution in [-0.4, -0.2) is 9.78 Å². The second-order valence-electron chi connectivity index (χ2n) is 4.47. The van der Waals surface area contributed by atoms with Crippen LogP contribution < -0.4 is 0 Å². The van der Waals surface area contributed by atoms with Crippen molar-refractivity contribution >= 4 is 0 Å². The molecule has 0 aliphatic carbocycles. The molecule has 0 aromatic carbocycles. The molecule has 0 N–H and O–H groups in total. The van der Waals surface area contributed by atoms with Crippen LogP contribution in [-0.2, 0) is 13.5 Å². The van der Waals surface area contributed by atoms with Gasteiger partial charge in [0.05, 0.1) is 5.69 Å². The third-order valence-electron chi connectivity index (χ3n) is 2.11. The summed E-state index contributed by atoms with van der Waals surface area (Å²) in [6.45, 7) is 8.90. The molecule has 0 aliphatic rings. The number of hydrogen-bond donors (Lipinski definition) is 0. The lowest BCUT2D eigenvalue weighted by molar-refractivity contribution is 0.637. The molecule has 0 bridgehead atoms. The smallest absolute Gasteiger partial charge is 0.0681 e. The predicted molar refractivity (Wildman–Crippen MR) is 55.8 cm³/mol. The van der Waals surface area contributed by atoms with Crippen LogP contribution in [0, 0.1) is 5.92 Å². The summed E-state index contributed by atoms with van der Waals surface area (Å²) in [5, 5.41) is 4.48. The summed E-state index contributed by atoms with van der Waals surface area (Å²) in [6.07, 6.45) is 3.29. The van der Waals surface area contributed by atoms with E-state index in [1.807, 2.05) is 11.7 Å². The second kappa shape index (κ2) is 3.95. The third kappa shape index (κ3) is 2.58. The van der Waals surface area contributed by atoms with E-state index in [0.29, 0.717) is 11.8 Å². The van der Waals surface area contributed by atoms with Crippen molar-refractivity contribution in [2.45, 2.75) is 40.0 Å². The van der Waals surface area contributed by atoms with Crippen molar-refractivity contribution in [3.8, 4) is 0 Å². The fourth-order valence-electron chi connectivity index (χ4n) is 1.64. The number of rotatable bonds is 3. The van der Waals surface area contributed by atoms with Gasteiger partial charge in [-0.2, -0.15) is 5.10 Å². The Morgan fingerprint density at radius 2 is 1.92 bits per heavy atom. The Morgan fingerprint density at radius 3 is 2.38 bits per heavy atom. The van der Waals surface area contributed by atoms with Gasteiger partial charge in [0.25, 0.3) is 0 Å². The van der Waals surface area contributed by atoms with E-state index in [1.54, 1.807) is 0 Å². The van der Waals surface area contributed by atoms with E-state index in [1.165, 1.54) is 11.3 Å². The van der Waals surface area contributed by atoms with E-state index in [2.05, 4.69) is 39.0 Å². The molecule has 1 heterocycles. The Kier molecular flexibility index (Phi) is 3.12. The zero-order chi connectivity index (χ0) is 10.0. The first kappa shape index (κ1) is 10.3. The van der Waals surface area contributed by atoms with Crippen LogP contribution in [0.4, 0.5) is 0 Å². The fourth-order valence-corrected chi connectivity index (χ4v) is 1.64. The number of nitrogens with zero attached hydrogens (tertiary/aromatic N) is 2. The Balaban J connectivity index is 2.91. The number of aryl methyl sites for hydroxylation is 1. The minimum absolute atomic E-state index is 0.537. The van der Waals surface area contributed by atoms with E-state index in [9.17, 15) is 0 Å². The summed E-state index contributed by atoms with van der Waals surface area (Å²) in [6, 6.07) is 0. The van der Waals surface area contributed by atoms with E-state index < -0.39 is 0 Å². The maximum absolute atomic E-state index is 4.48. The molecule has 2 nitrogen and oxygen atoms in total. The van der Waals surface area contributed by atoms with Gasteiger partial charge in [0.2, 0.25) is 0 Å². The van der Waals surface area contributed by atoms with Crippen LogP contribution in [0.2, 0.25) is 0 Å². The van der Waals surface area contributed by atoms with Crippen molar-refractivity contribution in [2.75, 3.05) is 0 Å². The van der Waals surface area contributed by atoms with Gasteiger partial charge in [-0.05, 0) is 23.8 Å². The molecule has 1 rings (SSSR count). The lowest BCUT2D eigenvalue weighted by Crippen LogP contribution is -1.99. The largest absolute Gasteiger partial charge is 0.275 e. The first-order valence-electron chi connectivity index (χ1n) is 5.03. The summed E-state index contributed by atoms with van der Waals surface area (Å²) in [4.78, 5) is 0. The lowest BCUT2D eigenvalue weighted by atomic mass is 9.99. The van der Waals surface area contributed by atoms with Crippen molar-refractivity contribution < 1.29 is 0 Å². The fraction of sp³-hybridized carbons (Fsp3) is 0.727. The van der Waals surface area contributed by atoms with Crippen LogP contribution in [0.25, 0.3) is 0 Å². The highest BCUT2D eigenvalue weighted by molar-refractivity contribution is 5.20. The van der Waals surface area contributed by atoms with Gasteiger partial charge in [-0.1, -0.05) is 27.7 Å². The highest BCUT2D eigenvalue weighted by Crippen LogP contribution is 2.19. The first-order valence-corrected chi connectivity index (χ1v) is 5.03. The molecule has 2 heteroatoms. The molecule has 0 saturated carbocycles. The summed E-state index contributed by atoms with van der Waals surface area (Å²) in [7, 11) is 2.00. The van der Waals surface area contributed by atoms with Crippen molar-refractivity contribution in [2.24, 2.45) is 13.0 Å². The maximum Gasteiger partial charge on any atom is 0.0681 e. The topological polar surface area (TPSA) is 17.8 Å².